The maximum absolute atomic E-state index is 11.2. The van der Waals surface area contributed by atoms with Gasteiger partial charge in [0.1, 0.15) is 5.56 Å². The molecule has 0 bridgehead atoms. The van der Waals surface area contributed by atoms with Crippen molar-refractivity contribution in [3.8, 4) is 0 Å². The van der Waals surface area contributed by atoms with E-state index in [4.69, 9.17) is 5.11 Å². The van der Waals surface area contributed by atoms with Crippen LogP contribution in [0.4, 0.5) is 5.69 Å². The van der Waals surface area contributed by atoms with Crippen LogP contribution in [-0.2, 0) is 0 Å². The topological polar surface area (TPSA) is 53.4 Å². The molecule has 0 saturated heterocycles. The highest BCUT2D eigenvalue weighted by atomic mass is 79.9. The summed E-state index contributed by atoms with van der Waals surface area (Å²) in [5, 5.41) is 9.99. The number of carboxylic acids is 1. The number of rotatable bonds is 2. The molecule has 5 heteroatoms. The number of hydrogen-bond donors (Lipinski definition) is 1. The van der Waals surface area contributed by atoms with Gasteiger partial charge in [-0.2, -0.15) is 0 Å². The highest BCUT2D eigenvalue weighted by molar-refractivity contribution is 9.10. The van der Waals surface area contributed by atoms with Gasteiger partial charge in [0.25, 0.3) is 0 Å². The number of hydrogen-bond acceptors (Lipinski definition) is 3. The average molecular weight is 295 g/mol. The van der Waals surface area contributed by atoms with E-state index in [1.165, 1.54) is 6.20 Å². The van der Waals surface area contributed by atoms with Gasteiger partial charge in [-0.1, -0.05) is 12.1 Å². The van der Waals surface area contributed by atoms with Crippen molar-refractivity contribution in [2.24, 2.45) is 0 Å². The molecule has 0 radical (unpaired) electrons. The molecule has 1 aromatic heterocycles. The second kappa shape index (κ2) is 4.33. The number of pyridine rings is 1. The average Bonchev–Trinajstić information content (AvgIpc) is 2.27. The van der Waals surface area contributed by atoms with Gasteiger partial charge in [0.2, 0.25) is 0 Å². The summed E-state index contributed by atoms with van der Waals surface area (Å²) >= 11 is 3.41. The van der Waals surface area contributed by atoms with E-state index < -0.39 is 5.97 Å². The van der Waals surface area contributed by atoms with Gasteiger partial charge in [-0.3, -0.25) is 4.98 Å². The molecule has 2 aromatic rings. The molecule has 1 N–H and O–H groups in total. The Balaban J connectivity index is 2.89. The molecule has 2 rings (SSSR count). The quantitative estimate of drug-likeness (QED) is 0.925. The fraction of sp³-hybridized carbons (Fsp3) is 0.167. The zero-order valence-electron chi connectivity index (χ0n) is 9.44. The van der Waals surface area contributed by atoms with Crippen molar-refractivity contribution in [3.05, 3.63) is 34.4 Å². The number of aromatic carboxylic acids is 1. The predicted molar refractivity (Wildman–Crippen MR) is 70.7 cm³/mol. The molecule has 0 amide bonds. The van der Waals surface area contributed by atoms with Crippen molar-refractivity contribution in [2.75, 3.05) is 19.0 Å². The molecule has 1 aromatic carbocycles. The van der Waals surface area contributed by atoms with Crippen LogP contribution in [0, 0.1) is 0 Å². The van der Waals surface area contributed by atoms with Crippen LogP contribution < -0.4 is 4.90 Å². The Morgan fingerprint density at radius 2 is 2.12 bits per heavy atom. The molecule has 0 unspecified atom stereocenters. The summed E-state index contributed by atoms with van der Waals surface area (Å²) in [6, 6.07) is 5.62. The lowest BCUT2D eigenvalue weighted by Crippen LogP contribution is -2.15. The third-order valence-corrected chi connectivity index (χ3v) is 3.14. The number of carbonyl (C=O) groups is 1. The monoisotopic (exact) mass is 294 g/mol. The third kappa shape index (κ3) is 1.98. The van der Waals surface area contributed by atoms with Gasteiger partial charge in [0.15, 0.2) is 0 Å². The fourth-order valence-electron chi connectivity index (χ4n) is 1.81. The summed E-state index contributed by atoms with van der Waals surface area (Å²) < 4.78 is 0.857. The number of para-hydroxylation sites is 1. The van der Waals surface area contributed by atoms with Gasteiger partial charge in [0.05, 0.1) is 11.2 Å². The zero-order valence-corrected chi connectivity index (χ0v) is 11.0. The molecule has 0 atom stereocenters. The molecule has 0 fully saturated rings. The normalized spacial score (nSPS) is 10.5. The van der Waals surface area contributed by atoms with Gasteiger partial charge in [-0.25, -0.2) is 4.79 Å². The first kappa shape index (κ1) is 11.9. The number of nitrogens with zero attached hydrogens (tertiary/aromatic N) is 2. The number of aromatic nitrogens is 1. The Labute approximate surface area is 107 Å². The zero-order chi connectivity index (χ0) is 12.6. The Morgan fingerprint density at radius 1 is 1.41 bits per heavy atom. The minimum absolute atomic E-state index is 0.209. The van der Waals surface area contributed by atoms with Crippen molar-refractivity contribution in [2.45, 2.75) is 0 Å². The van der Waals surface area contributed by atoms with Crippen LogP contribution in [-0.4, -0.2) is 30.2 Å². The summed E-state index contributed by atoms with van der Waals surface area (Å²) in [4.78, 5) is 17.2. The lowest BCUT2D eigenvalue weighted by atomic mass is 10.1. The first-order chi connectivity index (χ1) is 8.02. The molecule has 88 valence electrons. The van der Waals surface area contributed by atoms with E-state index in [0.717, 1.165) is 15.4 Å². The van der Waals surface area contributed by atoms with E-state index in [2.05, 4.69) is 20.9 Å². The van der Waals surface area contributed by atoms with Crippen molar-refractivity contribution in [1.82, 2.24) is 4.98 Å². The third-order valence-electron chi connectivity index (χ3n) is 2.50. The van der Waals surface area contributed by atoms with E-state index in [9.17, 15) is 4.79 Å². The molecule has 1 heterocycles. The summed E-state index contributed by atoms with van der Waals surface area (Å²) in [6.07, 6.45) is 1.39. The van der Waals surface area contributed by atoms with Gasteiger partial charge in [0, 0.05) is 30.2 Å². The Morgan fingerprint density at radius 3 is 2.71 bits per heavy atom. The van der Waals surface area contributed by atoms with E-state index in [0.29, 0.717) is 5.69 Å². The lowest BCUT2D eigenvalue weighted by molar-refractivity contribution is 0.0697. The molecule has 0 spiro atoms. The summed E-state index contributed by atoms with van der Waals surface area (Å²) in [5.74, 6) is -0.969. The van der Waals surface area contributed by atoms with E-state index >= 15 is 0 Å². The molecular formula is C12H11BrN2O2. The smallest absolute Gasteiger partial charge is 0.339 e. The van der Waals surface area contributed by atoms with Crippen LogP contribution in [0.15, 0.2) is 28.9 Å². The maximum atomic E-state index is 11.2. The SMILES string of the molecule is CN(C)c1c(C(=O)O)cnc2c(Br)cccc12. The predicted octanol–water partition coefficient (Wildman–Crippen LogP) is 2.76. The van der Waals surface area contributed by atoms with Gasteiger partial charge in [-0.05, 0) is 22.0 Å². The Kier molecular flexibility index (Phi) is 3.02. The van der Waals surface area contributed by atoms with Crippen LogP contribution in [0.5, 0.6) is 0 Å². The highest BCUT2D eigenvalue weighted by Gasteiger charge is 2.16. The Bertz CT molecular complexity index is 596. The van der Waals surface area contributed by atoms with Crippen LogP contribution in [0.1, 0.15) is 10.4 Å². The number of benzene rings is 1. The van der Waals surface area contributed by atoms with Gasteiger partial charge < -0.3 is 10.0 Å². The number of halogens is 1. The van der Waals surface area contributed by atoms with Crippen molar-refractivity contribution in [3.63, 3.8) is 0 Å². The van der Waals surface area contributed by atoms with Crippen molar-refractivity contribution < 1.29 is 9.90 Å². The van der Waals surface area contributed by atoms with Crippen LogP contribution >= 0.6 is 15.9 Å². The molecule has 0 saturated carbocycles. The van der Waals surface area contributed by atoms with Gasteiger partial charge >= 0.3 is 5.97 Å². The minimum Gasteiger partial charge on any atom is -0.478 e. The standard InChI is InChI=1S/C12H11BrN2O2/c1-15(2)11-7-4-3-5-9(13)10(7)14-6-8(11)12(16)17/h3-6H,1-2H3,(H,16,17). The van der Waals surface area contributed by atoms with Crippen molar-refractivity contribution in [1.29, 1.82) is 0 Å². The van der Waals surface area contributed by atoms with Crippen LogP contribution in [0.25, 0.3) is 10.9 Å². The number of carboxylic acid groups (broad SMARTS) is 1. The Hall–Kier alpha value is -1.62. The van der Waals surface area contributed by atoms with Gasteiger partial charge in [-0.15, -0.1) is 0 Å². The van der Waals surface area contributed by atoms with Crippen LogP contribution in [0.2, 0.25) is 0 Å². The van der Waals surface area contributed by atoms with Crippen molar-refractivity contribution >= 4 is 38.5 Å². The number of fused-ring (bicyclic) bond motifs is 1. The van der Waals surface area contributed by atoms with E-state index in [1.54, 1.807) is 4.90 Å². The minimum atomic E-state index is -0.969. The van der Waals surface area contributed by atoms with E-state index in [-0.39, 0.29) is 5.56 Å². The second-order valence-corrected chi connectivity index (χ2v) is 4.71. The molecule has 0 aliphatic heterocycles. The maximum Gasteiger partial charge on any atom is 0.339 e. The molecular weight excluding hydrogens is 284 g/mol. The first-order valence-electron chi connectivity index (χ1n) is 5.00. The first-order valence-corrected chi connectivity index (χ1v) is 5.79. The molecule has 0 aliphatic carbocycles. The summed E-state index contributed by atoms with van der Waals surface area (Å²) in [7, 11) is 3.64. The highest BCUT2D eigenvalue weighted by Crippen LogP contribution is 2.31. The largest absolute Gasteiger partial charge is 0.478 e. The fourth-order valence-corrected chi connectivity index (χ4v) is 2.28. The molecule has 17 heavy (non-hydrogen) atoms. The molecule has 0 aliphatic rings. The summed E-state index contributed by atoms with van der Waals surface area (Å²) in [5.41, 5.74) is 1.64. The number of anilines is 1. The molecule has 4 nitrogen and oxygen atoms in total. The van der Waals surface area contributed by atoms with E-state index in [1.807, 2.05) is 32.3 Å². The second-order valence-electron chi connectivity index (χ2n) is 3.86. The lowest BCUT2D eigenvalue weighted by Gasteiger charge is -2.18. The van der Waals surface area contributed by atoms with Crippen LogP contribution in [0.3, 0.4) is 0 Å². The summed E-state index contributed by atoms with van der Waals surface area (Å²) in [6.45, 7) is 0.